The highest BCUT2D eigenvalue weighted by molar-refractivity contribution is 7.98. The maximum atomic E-state index is 12.2. The van der Waals surface area contributed by atoms with Gasteiger partial charge in [0.25, 0.3) is 10.0 Å². The number of aliphatic imine (C=N–C) groups is 1. The lowest BCUT2D eigenvalue weighted by Gasteiger charge is -2.21. The third kappa shape index (κ3) is 5.44. The SMILES string of the molecule is CN(C)Cc1ccnc(CSCCN=C2Nc3ccccc3S(=O)(=O)N2)c1. The molecule has 2 N–H and O–H groups in total. The van der Waals surface area contributed by atoms with Crippen molar-refractivity contribution in [2.75, 3.05) is 31.7 Å². The number of aromatic nitrogens is 1. The Kier molecular flexibility index (Phi) is 6.35. The minimum atomic E-state index is -3.56. The number of thioether (sulfide) groups is 1. The summed E-state index contributed by atoms with van der Waals surface area (Å²) in [6.07, 6.45) is 1.84. The number of anilines is 1. The van der Waals surface area contributed by atoms with Crippen molar-refractivity contribution in [1.29, 1.82) is 0 Å². The number of benzene rings is 1. The van der Waals surface area contributed by atoms with Crippen molar-refractivity contribution >= 4 is 33.4 Å². The molecule has 0 radical (unpaired) electrons. The minimum Gasteiger partial charge on any atom is -0.324 e. The van der Waals surface area contributed by atoms with Gasteiger partial charge in [-0.05, 0) is 43.9 Å². The van der Waals surface area contributed by atoms with E-state index in [0.717, 1.165) is 23.7 Å². The van der Waals surface area contributed by atoms with E-state index < -0.39 is 10.0 Å². The number of hydrogen-bond acceptors (Lipinski definition) is 6. The van der Waals surface area contributed by atoms with E-state index in [9.17, 15) is 8.42 Å². The molecule has 0 unspecified atom stereocenters. The highest BCUT2D eigenvalue weighted by Gasteiger charge is 2.25. The van der Waals surface area contributed by atoms with Gasteiger partial charge in [0.15, 0.2) is 0 Å². The van der Waals surface area contributed by atoms with Gasteiger partial charge in [-0.3, -0.25) is 9.98 Å². The minimum absolute atomic E-state index is 0.238. The van der Waals surface area contributed by atoms with Crippen molar-refractivity contribution < 1.29 is 8.42 Å². The van der Waals surface area contributed by atoms with Gasteiger partial charge in [-0.25, -0.2) is 13.1 Å². The van der Waals surface area contributed by atoms with Crippen molar-refractivity contribution in [3.05, 3.63) is 53.9 Å². The molecular formula is C18H23N5O2S2. The van der Waals surface area contributed by atoms with Crippen LogP contribution in [-0.2, 0) is 22.3 Å². The molecule has 9 heteroatoms. The van der Waals surface area contributed by atoms with Gasteiger partial charge >= 0.3 is 0 Å². The molecule has 0 saturated heterocycles. The summed E-state index contributed by atoms with van der Waals surface area (Å²) in [7, 11) is 0.527. The molecule has 144 valence electrons. The number of nitrogens with one attached hydrogen (secondary N) is 2. The second kappa shape index (κ2) is 8.73. The summed E-state index contributed by atoms with van der Waals surface area (Å²) in [6, 6.07) is 10.9. The summed E-state index contributed by atoms with van der Waals surface area (Å²) < 4.78 is 26.9. The lowest BCUT2D eigenvalue weighted by molar-refractivity contribution is 0.402. The van der Waals surface area contributed by atoms with Crippen LogP contribution in [0.3, 0.4) is 0 Å². The molecule has 3 rings (SSSR count). The Labute approximate surface area is 164 Å². The lowest BCUT2D eigenvalue weighted by atomic mass is 10.2. The highest BCUT2D eigenvalue weighted by Crippen LogP contribution is 2.23. The maximum absolute atomic E-state index is 12.2. The first-order valence-corrected chi connectivity index (χ1v) is 11.2. The zero-order valence-corrected chi connectivity index (χ0v) is 17.0. The van der Waals surface area contributed by atoms with E-state index in [1.165, 1.54) is 5.56 Å². The van der Waals surface area contributed by atoms with Gasteiger partial charge in [-0.2, -0.15) is 11.8 Å². The molecule has 0 amide bonds. The Morgan fingerprint density at radius 2 is 2.04 bits per heavy atom. The second-order valence-electron chi connectivity index (χ2n) is 6.40. The van der Waals surface area contributed by atoms with Gasteiger partial charge in [0.2, 0.25) is 5.96 Å². The van der Waals surface area contributed by atoms with Gasteiger partial charge < -0.3 is 10.2 Å². The predicted octanol–water partition coefficient (Wildman–Crippen LogP) is 2.14. The van der Waals surface area contributed by atoms with Gasteiger partial charge in [-0.1, -0.05) is 12.1 Å². The van der Waals surface area contributed by atoms with Crippen LogP contribution < -0.4 is 10.0 Å². The van der Waals surface area contributed by atoms with Crippen LogP contribution in [0.25, 0.3) is 0 Å². The fourth-order valence-corrected chi connectivity index (χ4v) is 4.56. The summed E-state index contributed by atoms with van der Waals surface area (Å²) in [6.45, 7) is 1.40. The number of hydrogen-bond donors (Lipinski definition) is 2. The van der Waals surface area contributed by atoms with Crippen LogP contribution in [0.1, 0.15) is 11.3 Å². The molecule has 1 aliphatic heterocycles. The number of rotatable bonds is 7. The molecule has 1 aliphatic rings. The van der Waals surface area contributed by atoms with Gasteiger partial charge in [0, 0.05) is 24.2 Å². The number of para-hydroxylation sites is 1. The Bertz CT molecular complexity index is 929. The van der Waals surface area contributed by atoms with Crippen molar-refractivity contribution in [3.8, 4) is 0 Å². The van der Waals surface area contributed by atoms with Crippen LogP contribution in [-0.4, -0.2) is 50.7 Å². The molecular weight excluding hydrogens is 382 g/mol. The third-order valence-corrected chi connectivity index (χ3v) is 6.16. The molecule has 0 saturated carbocycles. The van der Waals surface area contributed by atoms with Crippen LogP contribution in [0, 0.1) is 0 Å². The Morgan fingerprint density at radius 1 is 1.22 bits per heavy atom. The molecule has 0 bridgehead atoms. The van der Waals surface area contributed by atoms with E-state index in [-0.39, 0.29) is 10.9 Å². The summed E-state index contributed by atoms with van der Waals surface area (Å²) >= 11 is 1.72. The summed E-state index contributed by atoms with van der Waals surface area (Å²) in [4.78, 5) is 11.1. The molecule has 2 aromatic rings. The molecule has 0 spiro atoms. The number of sulfonamides is 1. The van der Waals surface area contributed by atoms with Crippen LogP contribution in [0.4, 0.5) is 5.69 Å². The standard InChI is InChI=1S/C18H23N5O2S2/c1-23(2)12-14-7-8-19-15(11-14)13-26-10-9-20-18-21-16-5-3-4-6-17(16)27(24,25)22-18/h3-8,11H,9-10,12-13H2,1-2H3,(H2,20,21,22). The first kappa shape index (κ1) is 19.7. The number of nitrogens with zero attached hydrogens (tertiary/aromatic N) is 3. The Morgan fingerprint density at radius 3 is 2.85 bits per heavy atom. The molecule has 1 aromatic carbocycles. The molecule has 0 fully saturated rings. The molecule has 1 aromatic heterocycles. The first-order chi connectivity index (χ1) is 12.9. The molecule has 27 heavy (non-hydrogen) atoms. The zero-order valence-electron chi connectivity index (χ0n) is 15.3. The number of fused-ring (bicyclic) bond motifs is 1. The Hall–Kier alpha value is -2.10. The van der Waals surface area contributed by atoms with Crippen molar-refractivity contribution in [2.24, 2.45) is 4.99 Å². The largest absolute Gasteiger partial charge is 0.324 e. The summed E-state index contributed by atoms with van der Waals surface area (Å²) in [5.41, 5.74) is 2.83. The maximum Gasteiger partial charge on any atom is 0.266 e. The number of guanidine groups is 1. The Balaban J connectivity index is 1.51. The van der Waals surface area contributed by atoms with E-state index in [1.54, 1.807) is 36.0 Å². The van der Waals surface area contributed by atoms with Crippen LogP contribution in [0.5, 0.6) is 0 Å². The zero-order chi connectivity index (χ0) is 19.3. The normalized spacial score (nSPS) is 16.6. The van der Waals surface area contributed by atoms with Gasteiger partial charge in [0.05, 0.1) is 17.9 Å². The fraction of sp³-hybridized carbons (Fsp3) is 0.333. The average molecular weight is 406 g/mol. The molecule has 2 heterocycles. The summed E-state index contributed by atoms with van der Waals surface area (Å²) in [5.74, 6) is 1.84. The molecule has 0 aliphatic carbocycles. The highest BCUT2D eigenvalue weighted by atomic mass is 32.2. The van der Waals surface area contributed by atoms with E-state index in [4.69, 9.17) is 0 Å². The quantitative estimate of drug-likeness (QED) is 0.687. The number of pyridine rings is 1. The second-order valence-corrected chi connectivity index (χ2v) is 9.16. The first-order valence-electron chi connectivity index (χ1n) is 8.54. The molecule has 0 atom stereocenters. The average Bonchev–Trinajstić information content (AvgIpc) is 2.61. The van der Waals surface area contributed by atoms with E-state index in [2.05, 4.69) is 31.0 Å². The summed E-state index contributed by atoms with van der Waals surface area (Å²) in [5, 5.41) is 3.02. The van der Waals surface area contributed by atoms with Crippen molar-refractivity contribution in [3.63, 3.8) is 0 Å². The third-order valence-electron chi connectivity index (χ3n) is 3.80. The lowest BCUT2D eigenvalue weighted by Crippen LogP contribution is -2.40. The van der Waals surface area contributed by atoms with Crippen molar-refractivity contribution in [1.82, 2.24) is 14.6 Å². The predicted molar refractivity (Wildman–Crippen MR) is 110 cm³/mol. The smallest absolute Gasteiger partial charge is 0.266 e. The van der Waals surface area contributed by atoms with Gasteiger partial charge in [-0.15, -0.1) is 0 Å². The van der Waals surface area contributed by atoms with E-state index >= 15 is 0 Å². The van der Waals surface area contributed by atoms with Crippen LogP contribution in [0.2, 0.25) is 0 Å². The topological polar surface area (TPSA) is 86.7 Å². The van der Waals surface area contributed by atoms with E-state index in [0.29, 0.717) is 12.2 Å². The van der Waals surface area contributed by atoms with Gasteiger partial charge in [0.1, 0.15) is 4.90 Å². The monoisotopic (exact) mass is 405 g/mol. The van der Waals surface area contributed by atoms with Crippen LogP contribution >= 0.6 is 11.8 Å². The molecule has 7 nitrogen and oxygen atoms in total. The fourth-order valence-electron chi connectivity index (χ4n) is 2.68. The van der Waals surface area contributed by atoms with Crippen LogP contribution in [0.15, 0.2) is 52.5 Å². The van der Waals surface area contributed by atoms with E-state index in [1.807, 2.05) is 26.4 Å². The van der Waals surface area contributed by atoms with Crippen molar-refractivity contribution in [2.45, 2.75) is 17.2 Å².